The number of nitrogens with one attached hydrogen (secondary N) is 1. The number of nitrogens with zero attached hydrogens (tertiary/aromatic N) is 1. The molecule has 3 rings (SSSR count). The van der Waals surface area contributed by atoms with Crippen LogP contribution >= 0.6 is 11.3 Å². The molecule has 3 aromatic rings. The van der Waals surface area contributed by atoms with Crippen molar-refractivity contribution in [3.63, 3.8) is 0 Å². The number of para-hydroxylation sites is 1. The first-order chi connectivity index (χ1) is 14.1. The summed E-state index contributed by atoms with van der Waals surface area (Å²) in [5.41, 5.74) is 5.28. The summed E-state index contributed by atoms with van der Waals surface area (Å²) < 4.78 is 5.81. The number of hydrogen-bond donors (Lipinski definition) is 1. The number of carbonyl (C=O) groups is 1. The number of thiazole rings is 1. The molecule has 0 aliphatic heterocycles. The van der Waals surface area contributed by atoms with E-state index in [4.69, 9.17) is 4.74 Å². The fraction of sp³-hybridized carbons (Fsp3) is 0.250. The molecule has 29 heavy (non-hydrogen) atoms. The summed E-state index contributed by atoms with van der Waals surface area (Å²) in [6.07, 6.45) is 5.37. The maximum absolute atomic E-state index is 12.3. The van der Waals surface area contributed by atoms with Crippen LogP contribution in [0.2, 0.25) is 0 Å². The lowest BCUT2D eigenvalue weighted by Crippen LogP contribution is -2.07. The topological polar surface area (TPSA) is 51.2 Å². The second kappa shape index (κ2) is 10.0. The Morgan fingerprint density at radius 2 is 2.00 bits per heavy atom. The Kier molecular flexibility index (Phi) is 7.19. The summed E-state index contributed by atoms with van der Waals surface area (Å²) in [7, 11) is 0. The van der Waals surface area contributed by atoms with Gasteiger partial charge in [-0.15, -0.1) is 11.3 Å². The van der Waals surface area contributed by atoms with Gasteiger partial charge >= 0.3 is 0 Å². The minimum Gasteiger partial charge on any atom is -0.493 e. The summed E-state index contributed by atoms with van der Waals surface area (Å²) in [5.74, 6) is 0.575. The van der Waals surface area contributed by atoms with E-state index < -0.39 is 0 Å². The van der Waals surface area contributed by atoms with Crippen molar-refractivity contribution in [3.05, 3.63) is 70.6 Å². The number of benzene rings is 2. The van der Waals surface area contributed by atoms with Crippen LogP contribution in [0.5, 0.6) is 5.75 Å². The van der Waals surface area contributed by atoms with E-state index in [-0.39, 0.29) is 5.91 Å². The van der Waals surface area contributed by atoms with Crippen molar-refractivity contribution in [2.75, 3.05) is 11.9 Å². The Hall–Kier alpha value is -2.92. The fourth-order valence-electron chi connectivity index (χ4n) is 2.75. The molecule has 0 atom stereocenters. The molecular formula is C24H26N2O2S. The third kappa shape index (κ3) is 5.78. The minimum absolute atomic E-state index is 0.214. The normalized spacial score (nSPS) is 11.0. The molecule has 1 N–H and O–H groups in total. The van der Waals surface area contributed by atoms with Crippen LogP contribution in [0.3, 0.4) is 0 Å². The number of rotatable bonds is 8. The summed E-state index contributed by atoms with van der Waals surface area (Å²) >= 11 is 1.42. The smallest absolute Gasteiger partial charge is 0.250 e. The van der Waals surface area contributed by atoms with Gasteiger partial charge in [-0.05, 0) is 49.6 Å². The van der Waals surface area contributed by atoms with Crippen LogP contribution in [0.25, 0.3) is 17.3 Å². The number of aryl methyl sites for hydroxylation is 2. The zero-order valence-electron chi connectivity index (χ0n) is 17.1. The molecule has 5 heteroatoms. The van der Waals surface area contributed by atoms with Gasteiger partial charge in [0.1, 0.15) is 5.75 Å². The predicted molar refractivity (Wildman–Crippen MR) is 122 cm³/mol. The summed E-state index contributed by atoms with van der Waals surface area (Å²) in [6.45, 7) is 6.98. The van der Waals surface area contributed by atoms with Gasteiger partial charge in [0.2, 0.25) is 5.91 Å². The van der Waals surface area contributed by atoms with E-state index >= 15 is 0 Å². The van der Waals surface area contributed by atoms with Crippen LogP contribution in [0.1, 0.15) is 36.5 Å². The van der Waals surface area contributed by atoms with Crippen LogP contribution in [0, 0.1) is 13.8 Å². The number of aromatic nitrogens is 1. The molecule has 0 saturated carbocycles. The SMILES string of the molecule is CCCCOc1ccccc1C=CC(=O)Nc1nc(-c2ccc(C)c(C)c2)cs1. The van der Waals surface area contributed by atoms with Crippen molar-refractivity contribution >= 4 is 28.5 Å². The quantitative estimate of drug-likeness (QED) is 0.355. The largest absolute Gasteiger partial charge is 0.493 e. The van der Waals surface area contributed by atoms with Gasteiger partial charge in [0.25, 0.3) is 0 Å². The van der Waals surface area contributed by atoms with Crippen molar-refractivity contribution in [2.45, 2.75) is 33.6 Å². The van der Waals surface area contributed by atoms with E-state index in [0.717, 1.165) is 35.4 Å². The van der Waals surface area contributed by atoms with E-state index in [1.807, 2.05) is 29.6 Å². The number of carbonyl (C=O) groups excluding carboxylic acids is 1. The molecule has 150 valence electrons. The van der Waals surface area contributed by atoms with Gasteiger partial charge in [0, 0.05) is 22.6 Å². The van der Waals surface area contributed by atoms with Gasteiger partial charge in [0.05, 0.1) is 12.3 Å². The summed E-state index contributed by atoms with van der Waals surface area (Å²) in [5, 5.41) is 5.38. The molecule has 0 radical (unpaired) electrons. The highest BCUT2D eigenvalue weighted by Gasteiger charge is 2.08. The molecule has 0 aliphatic carbocycles. The first-order valence-corrected chi connectivity index (χ1v) is 10.7. The van der Waals surface area contributed by atoms with Crippen LogP contribution < -0.4 is 10.1 Å². The first-order valence-electron chi connectivity index (χ1n) is 9.81. The minimum atomic E-state index is -0.214. The summed E-state index contributed by atoms with van der Waals surface area (Å²) in [6, 6.07) is 14.0. The molecule has 1 amide bonds. The van der Waals surface area contributed by atoms with Crippen molar-refractivity contribution in [3.8, 4) is 17.0 Å². The zero-order valence-corrected chi connectivity index (χ0v) is 17.9. The van der Waals surface area contributed by atoms with E-state index in [1.165, 1.54) is 28.5 Å². The monoisotopic (exact) mass is 406 g/mol. The zero-order chi connectivity index (χ0) is 20.6. The van der Waals surface area contributed by atoms with Gasteiger partial charge in [0.15, 0.2) is 5.13 Å². The highest BCUT2D eigenvalue weighted by molar-refractivity contribution is 7.14. The average molecular weight is 407 g/mol. The predicted octanol–water partition coefficient (Wildman–Crippen LogP) is 6.26. The van der Waals surface area contributed by atoms with E-state index in [0.29, 0.717) is 11.7 Å². The Morgan fingerprint density at radius 1 is 1.17 bits per heavy atom. The van der Waals surface area contributed by atoms with Gasteiger partial charge in [-0.2, -0.15) is 0 Å². The van der Waals surface area contributed by atoms with E-state index in [1.54, 1.807) is 6.08 Å². The van der Waals surface area contributed by atoms with Crippen molar-refractivity contribution in [1.82, 2.24) is 4.98 Å². The standard InChI is InChI=1S/C24H26N2O2S/c1-4-5-14-28-22-9-7-6-8-19(22)12-13-23(27)26-24-25-21(16-29-24)20-11-10-17(2)18(3)15-20/h6-13,15-16H,4-5,14H2,1-3H3,(H,25,26,27). The molecule has 0 bridgehead atoms. The number of ether oxygens (including phenoxy) is 1. The molecular weight excluding hydrogens is 380 g/mol. The van der Waals surface area contributed by atoms with Gasteiger partial charge in [-0.3, -0.25) is 10.1 Å². The van der Waals surface area contributed by atoms with Crippen molar-refractivity contribution in [1.29, 1.82) is 0 Å². The molecule has 0 saturated heterocycles. The Labute approximate surface area is 176 Å². The van der Waals surface area contributed by atoms with Crippen LogP contribution in [0.4, 0.5) is 5.13 Å². The molecule has 1 heterocycles. The Morgan fingerprint density at radius 3 is 2.79 bits per heavy atom. The van der Waals surface area contributed by atoms with Crippen LogP contribution in [0.15, 0.2) is 53.9 Å². The van der Waals surface area contributed by atoms with E-state index in [9.17, 15) is 4.79 Å². The molecule has 0 unspecified atom stereocenters. The maximum atomic E-state index is 12.3. The lowest BCUT2D eigenvalue weighted by Gasteiger charge is -2.08. The maximum Gasteiger partial charge on any atom is 0.250 e. The van der Waals surface area contributed by atoms with E-state index in [2.05, 4.69) is 49.3 Å². The molecule has 0 fully saturated rings. The first kappa shape index (κ1) is 20.8. The molecule has 2 aromatic carbocycles. The van der Waals surface area contributed by atoms with Gasteiger partial charge in [-0.25, -0.2) is 4.98 Å². The lowest BCUT2D eigenvalue weighted by atomic mass is 10.1. The number of hydrogen-bond acceptors (Lipinski definition) is 4. The molecule has 1 aromatic heterocycles. The lowest BCUT2D eigenvalue weighted by molar-refractivity contribution is -0.111. The highest BCUT2D eigenvalue weighted by Crippen LogP contribution is 2.26. The Balaban J connectivity index is 1.64. The third-order valence-corrected chi connectivity index (χ3v) is 5.38. The van der Waals surface area contributed by atoms with Crippen LogP contribution in [-0.2, 0) is 4.79 Å². The number of anilines is 1. The van der Waals surface area contributed by atoms with Crippen molar-refractivity contribution < 1.29 is 9.53 Å². The second-order valence-corrected chi connectivity index (χ2v) is 7.76. The molecule has 0 aliphatic rings. The molecule has 0 spiro atoms. The Bertz CT molecular complexity index is 1010. The highest BCUT2D eigenvalue weighted by atomic mass is 32.1. The summed E-state index contributed by atoms with van der Waals surface area (Å²) in [4.78, 5) is 16.9. The molecule has 4 nitrogen and oxygen atoms in total. The third-order valence-electron chi connectivity index (χ3n) is 4.63. The number of amides is 1. The van der Waals surface area contributed by atoms with Gasteiger partial charge < -0.3 is 4.74 Å². The number of unbranched alkanes of at least 4 members (excludes halogenated alkanes) is 1. The van der Waals surface area contributed by atoms with Crippen LogP contribution in [-0.4, -0.2) is 17.5 Å². The second-order valence-electron chi connectivity index (χ2n) is 6.90. The van der Waals surface area contributed by atoms with Gasteiger partial charge in [-0.1, -0.05) is 43.7 Å². The van der Waals surface area contributed by atoms with Crippen molar-refractivity contribution in [2.24, 2.45) is 0 Å². The fourth-order valence-corrected chi connectivity index (χ4v) is 3.48. The average Bonchev–Trinajstić information content (AvgIpc) is 3.18.